The summed E-state index contributed by atoms with van der Waals surface area (Å²) in [5.74, 6) is -0.612. The molecule has 3 atom stereocenters. The average Bonchev–Trinajstić information content (AvgIpc) is 2.62. The van der Waals surface area contributed by atoms with Crippen LogP contribution in [0.15, 0.2) is 12.7 Å². The fraction of sp³-hybridized carbons (Fsp3) is 0.818. The van der Waals surface area contributed by atoms with Crippen LogP contribution in [0.2, 0.25) is 0 Å². The highest BCUT2D eigenvalue weighted by Crippen LogP contribution is 2.46. The zero-order chi connectivity index (χ0) is 11.1. The third-order valence-electron chi connectivity index (χ3n) is 3.12. The lowest BCUT2D eigenvalue weighted by atomic mass is 9.81. The van der Waals surface area contributed by atoms with Crippen LogP contribution in [0.4, 0.5) is 0 Å². The first-order valence-electron chi connectivity index (χ1n) is 5.25. The highest BCUT2D eigenvalue weighted by Gasteiger charge is 2.56. The zero-order valence-corrected chi connectivity index (χ0v) is 9.23. The lowest BCUT2D eigenvalue weighted by Crippen LogP contribution is -2.36. The van der Waals surface area contributed by atoms with E-state index in [9.17, 15) is 0 Å². The van der Waals surface area contributed by atoms with Gasteiger partial charge in [0.15, 0.2) is 12.1 Å². The minimum Gasteiger partial charge on any atom is -0.396 e. The largest absolute Gasteiger partial charge is 0.396 e. The maximum absolute atomic E-state index is 9.07. The molecular weight excluding hydrogens is 196 g/mol. The molecule has 2 fully saturated rings. The summed E-state index contributed by atoms with van der Waals surface area (Å²) in [5, 5.41) is 9.07. The molecule has 0 radical (unpaired) electrons. The molecule has 0 aliphatic carbocycles. The Balaban J connectivity index is 2.19. The topological polar surface area (TPSA) is 47.9 Å². The summed E-state index contributed by atoms with van der Waals surface area (Å²) in [6, 6.07) is 0. The summed E-state index contributed by atoms with van der Waals surface area (Å²) < 4.78 is 16.9. The number of fused-ring (bicyclic) bond motifs is 1. The first-order chi connectivity index (χ1) is 7.03. The molecular formula is C11H18O4. The Bertz CT molecular complexity index is 259. The van der Waals surface area contributed by atoms with E-state index in [1.54, 1.807) is 0 Å². The Kier molecular flexibility index (Phi) is 2.63. The highest BCUT2D eigenvalue weighted by atomic mass is 16.8. The molecule has 2 aliphatic rings. The van der Waals surface area contributed by atoms with Crippen molar-refractivity contribution in [3.63, 3.8) is 0 Å². The minimum atomic E-state index is -0.612. The molecule has 1 N–H and O–H groups in total. The number of hydrogen-bond acceptors (Lipinski definition) is 4. The van der Waals surface area contributed by atoms with Crippen LogP contribution in [0.1, 0.15) is 20.3 Å². The Labute approximate surface area is 89.8 Å². The predicted octanol–water partition coefficient (Wildman–Crippen LogP) is 1.05. The molecule has 0 aromatic carbocycles. The molecule has 0 bridgehead atoms. The Morgan fingerprint density at radius 1 is 1.47 bits per heavy atom. The van der Waals surface area contributed by atoms with Gasteiger partial charge >= 0.3 is 0 Å². The first kappa shape index (κ1) is 11.1. The third kappa shape index (κ3) is 1.72. The molecule has 2 aliphatic heterocycles. The van der Waals surface area contributed by atoms with Crippen LogP contribution in [-0.2, 0) is 14.2 Å². The zero-order valence-electron chi connectivity index (χ0n) is 9.23. The van der Waals surface area contributed by atoms with Gasteiger partial charge in [0.25, 0.3) is 0 Å². The van der Waals surface area contributed by atoms with Crippen LogP contribution in [0.25, 0.3) is 0 Å². The van der Waals surface area contributed by atoms with E-state index in [0.29, 0.717) is 13.0 Å². The van der Waals surface area contributed by atoms with Crippen molar-refractivity contribution in [1.29, 1.82) is 0 Å². The van der Waals surface area contributed by atoms with E-state index < -0.39 is 5.79 Å². The van der Waals surface area contributed by atoms with Gasteiger partial charge in [-0.3, -0.25) is 0 Å². The molecule has 4 nitrogen and oxygen atoms in total. The lowest BCUT2D eigenvalue weighted by Gasteiger charge is -2.29. The van der Waals surface area contributed by atoms with Crippen molar-refractivity contribution in [1.82, 2.24) is 0 Å². The summed E-state index contributed by atoms with van der Waals surface area (Å²) in [6.45, 7) is 8.14. The van der Waals surface area contributed by atoms with Crippen molar-refractivity contribution < 1.29 is 19.3 Å². The third-order valence-corrected chi connectivity index (χ3v) is 3.12. The number of aliphatic hydroxyl groups excluding tert-OH is 1. The molecule has 0 aromatic rings. The minimum absolute atomic E-state index is 0.0996. The molecule has 2 heterocycles. The number of rotatable bonds is 3. The smallest absolute Gasteiger partial charge is 0.188 e. The van der Waals surface area contributed by atoms with Gasteiger partial charge < -0.3 is 19.3 Å². The summed E-state index contributed by atoms with van der Waals surface area (Å²) >= 11 is 0. The first-order valence-corrected chi connectivity index (χ1v) is 5.25. The van der Waals surface area contributed by atoms with Crippen LogP contribution >= 0.6 is 0 Å². The monoisotopic (exact) mass is 214 g/mol. The number of aliphatic hydroxyl groups is 1. The second-order valence-corrected chi connectivity index (χ2v) is 4.65. The SMILES string of the molecule is C=C[C@@]1(CCO)CO[C@@H]2OC(C)(C)O[C@@H]21. The van der Waals surface area contributed by atoms with Crippen molar-refractivity contribution in [2.45, 2.75) is 38.4 Å². The molecule has 0 saturated carbocycles. The number of hydrogen-bond donors (Lipinski definition) is 1. The lowest BCUT2D eigenvalue weighted by molar-refractivity contribution is -0.201. The Morgan fingerprint density at radius 3 is 2.80 bits per heavy atom. The maximum Gasteiger partial charge on any atom is 0.188 e. The summed E-state index contributed by atoms with van der Waals surface area (Å²) in [6.07, 6.45) is 1.93. The van der Waals surface area contributed by atoms with Gasteiger partial charge in [0.2, 0.25) is 0 Å². The van der Waals surface area contributed by atoms with Crippen molar-refractivity contribution in [3.05, 3.63) is 12.7 Å². The van der Waals surface area contributed by atoms with E-state index in [1.807, 2.05) is 19.9 Å². The van der Waals surface area contributed by atoms with Crippen LogP contribution < -0.4 is 0 Å². The maximum atomic E-state index is 9.07. The Hall–Kier alpha value is -0.420. The fourth-order valence-corrected chi connectivity index (χ4v) is 2.26. The second kappa shape index (κ2) is 3.56. The summed E-state index contributed by atoms with van der Waals surface area (Å²) in [5.41, 5.74) is -0.312. The summed E-state index contributed by atoms with van der Waals surface area (Å²) in [7, 11) is 0. The van der Waals surface area contributed by atoms with Gasteiger partial charge in [-0.05, 0) is 20.3 Å². The van der Waals surface area contributed by atoms with Gasteiger partial charge in [0, 0.05) is 12.0 Å². The van der Waals surface area contributed by atoms with Crippen LogP contribution in [0.3, 0.4) is 0 Å². The van der Waals surface area contributed by atoms with Crippen molar-refractivity contribution in [2.75, 3.05) is 13.2 Å². The summed E-state index contributed by atoms with van der Waals surface area (Å²) in [4.78, 5) is 0. The highest BCUT2D eigenvalue weighted by molar-refractivity contribution is 5.07. The van der Waals surface area contributed by atoms with Crippen molar-refractivity contribution >= 4 is 0 Å². The van der Waals surface area contributed by atoms with Crippen molar-refractivity contribution in [2.24, 2.45) is 5.41 Å². The molecule has 15 heavy (non-hydrogen) atoms. The molecule has 0 unspecified atom stereocenters. The molecule has 2 rings (SSSR count). The van der Waals surface area contributed by atoms with Gasteiger partial charge in [-0.25, -0.2) is 0 Å². The molecule has 86 valence electrons. The van der Waals surface area contributed by atoms with Crippen molar-refractivity contribution in [3.8, 4) is 0 Å². The standard InChI is InChI=1S/C11H18O4/c1-4-11(5-6-12)7-13-9-8(11)14-10(2,3)15-9/h4,8-9,12H,1,5-7H2,2-3H3/t8-,9+,11+/m0/s1. The fourth-order valence-electron chi connectivity index (χ4n) is 2.26. The van der Waals surface area contributed by atoms with E-state index in [2.05, 4.69) is 6.58 Å². The van der Waals surface area contributed by atoms with Crippen LogP contribution in [0.5, 0.6) is 0 Å². The van der Waals surface area contributed by atoms with Gasteiger partial charge in [-0.15, -0.1) is 6.58 Å². The van der Waals surface area contributed by atoms with Crippen LogP contribution in [0, 0.1) is 5.41 Å². The molecule has 0 aromatic heterocycles. The van der Waals surface area contributed by atoms with E-state index >= 15 is 0 Å². The van der Waals surface area contributed by atoms with E-state index in [-0.39, 0.29) is 24.4 Å². The average molecular weight is 214 g/mol. The van der Waals surface area contributed by atoms with E-state index in [4.69, 9.17) is 19.3 Å². The quantitative estimate of drug-likeness (QED) is 0.713. The normalized spacial score (nSPS) is 42.9. The predicted molar refractivity (Wildman–Crippen MR) is 54.1 cm³/mol. The van der Waals surface area contributed by atoms with Gasteiger partial charge in [-0.2, -0.15) is 0 Å². The molecule has 4 heteroatoms. The van der Waals surface area contributed by atoms with Gasteiger partial charge in [0.1, 0.15) is 6.10 Å². The molecule has 0 spiro atoms. The Morgan fingerprint density at radius 2 is 2.20 bits per heavy atom. The van der Waals surface area contributed by atoms with E-state index in [1.165, 1.54) is 0 Å². The molecule has 0 amide bonds. The van der Waals surface area contributed by atoms with Crippen LogP contribution in [-0.4, -0.2) is 36.5 Å². The second-order valence-electron chi connectivity index (χ2n) is 4.65. The molecule has 2 saturated heterocycles. The number of ether oxygens (including phenoxy) is 3. The van der Waals surface area contributed by atoms with Gasteiger partial charge in [0.05, 0.1) is 6.61 Å². The van der Waals surface area contributed by atoms with Gasteiger partial charge in [-0.1, -0.05) is 6.08 Å². The van der Waals surface area contributed by atoms with E-state index in [0.717, 1.165) is 0 Å².